The Morgan fingerprint density at radius 3 is 2.54 bits per heavy atom. The van der Waals surface area contributed by atoms with Crippen LogP contribution in [-0.4, -0.2) is 62.3 Å². The summed E-state index contributed by atoms with van der Waals surface area (Å²) in [4.78, 5) is 16.7. The number of nitrogens with zero attached hydrogens (tertiary/aromatic N) is 5. The van der Waals surface area contributed by atoms with Crippen LogP contribution in [0, 0.1) is 6.92 Å². The second-order valence-corrected chi connectivity index (χ2v) is 7.30. The van der Waals surface area contributed by atoms with Crippen molar-refractivity contribution in [2.24, 2.45) is 0 Å². The average molecular weight is 380 g/mol. The van der Waals surface area contributed by atoms with Crippen molar-refractivity contribution < 1.29 is 5.11 Å². The summed E-state index contributed by atoms with van der Waals surface area (Å²) in [5.41, 5.74) is 2.69. The number of anilines is 1. The Morgan fingerprint density at radius 1 is 1.00 bits per heavy atom. The Kier molecular flexibility index (Phi) is 5.83. The molecule has 0 unspecified atom stereocenters. The van der Waals surface area contributed by atoms with Gasteiger partial charge in [0.05, 0.1) is 6.61 Å². The Balaban J connectivity index is 1.75. The van der Waals surface area contributed by atoms with Gasteiger partial charge in [0.1, 0.15) is 11.6 Å². The third-order valence-corrected chi connectivity index (χ3v) is 5.23. The maximum absolute atomic E-state index is 9.20. The van der Waals surface area contributed by atoms with Gasteiger partial charge in [-0.1, -0.05) is 36.8 Å². The lowest BCUT2D eigenvalue weighted by Gasteiger charge is -2.26. The van der Waals surface area contributed by atoms with Crippen LogP contribution in [0.3, 0.4) is 0 Å². The second-order valence-electron chi connectivity index (χ2n) is 7.30. The third kappa shape index (κ3) is 4.00. The van der Waals surface area contributed by atoms with Gasteiger partial charge in [0.25, 0.3) is 0 Å². The number of hydrogen-bond acceptors (Lipinski definition) is 6. The molecule has 0 atom stereocenters. The smallest absolute Gasteiger partial charge is 0.166 e. The Morgan fingerprint density at radius 2 is 1.79 bits per heavy atom. The molecule has 3 heterocycles. The van der Waals surface area contributed by atoms with E-state index in [0.717, 1.165) is 35.6 Å². The topological polar surface area (TPSA) is 79.1 Å². The lowest BCUT2D eigenvalue weighted by molar-refractivity contribution is 0.222. The van der Waals surface area contributed by atoms with Gasteiger partial charge in [0.2, 0.25) is 0 Å². The first-order valence-corrected chi connectivity index (χ1v) is 10.1. The Hall–Kier alpha value is -2.51. The fraction of sp³-hybridized carbons (Fsp3) is 0.476. The predicted octanol–water partition coefficient (Wildman–Crippen LogP) is 2.69. The van der Waals surface area contributed by atoms with Crippen molar-refractivity contribution in [3.8, 4) is 11.4 Å². The van der Waals surface area contributed by atoms with Gasteiger partial charge in [-0.05, 0) is 32.9 Å². The first kappa shape index (κ1) is 18.8. The van der Waals surface area contributed by atoms with E-state index in [1.54, 1.807) is 0 Å². The van der Waals surface area contributed by atoms with Gasteiger partial charge in [0.15, 0.2) is 17.0 Å². The maximum Gasteiger partial charge on any atom is 0.166 e. The predicted molar refractivity (Wildman–Crippen MR) is 111 cm³/mol. The summed E-state index contributed by atoms with van der Waals surface area (Å²) in [5.74, 6) is 2.30. The number of nitrogens with one attached hydrogen (secondary N) is 1. The molecule has 1 saturated heterocycles. The molecule has 1 fully saturated rings. The van der Waals surface area contributed by atoms with Gasteiger partial charge < -0.3 is 19.9 Å². The highest BCUT2D eigenvalue weighted by Gasteiger charge is 2.19. The monoisotopic (exact) mass is 380 g/mol. The van der Waals surface area contributed by atoms with E-state index in [2.05, 4.69) is 31.9 Å². The van der Waals surface area contributed by atoms with Crippen LogP contribution in [0.2, 0.25) is 0 Å². The number of piperidine rings is 1. The maximum atomic E-state index is 9.20. The van der Waals surface area contributed by atoms with Gasteiger partial charge >= 0.3 is 0 Å². The van der Waals surface area contributed by atoms with Crippen LogP contribution < -0.4 is 5.32 Å². The standard InChI is InChI=1S/C21H28N6O/c1-16-23-19(22-10-15-28)18-21(24-16)27(14-13-26-11-6-3-7-12-26)20(25-18)17-8-4-2-5-9-17/h2,4-5,8-9,28H,3,6-7,10-15H2,1H3,(H,22,23,24). The lowest BCUT2D eigenvalue weighted by Crippen LogP contribution is -2.32. The molecule has 0 radical (unpaired) electrons. The third-order valence-electron chi connectivity index (χ3n) is 5.23. The Labute approximate surface area is 165 Å². The largest absolute Gasteiger partial charge is 0.395 e. The Bertz CT molecular complexity index is 918. The molecule has 3 aromatic rings. The summed E-state index contributed by atoms with van der Waals surface area (Å²) < 4.78 is 2.22. The molecule has 1 aliphatic heterocycles. The molecule has 2 aromatic heterocycles. The van der Waals surface area contributed by atoms with Crippen molar-refractivity contribution >= 4 is 17.0 Å². The molecule has 28 heavy (non-hydrogen) atoms. The van der Waals surface area contributed by atoms with Crippen molar-refractivity contribution in [1.29, 1.82) is 0 Å². The number of hydrogen-bond donors (Lipinski definition) is 2. The number of imidazole rings is 1. The minimum absolute atomic E-state index is 0.0474. The van der Waals surface area contributed by atoms with Crippen LogP contribution in [0.5, 0.6) is 0 Å². The molecular formula is C21H28N6O. The second kappa shape index (κ2) is 8.67. The van der Waals surface area contributed by atoms with E-state index in [1.165, 1.54) is 32.4 Å². The van der Waals surface area contributed by atoms with Gasteiger partial charge in [-0.25, -0.2) is 15.0 Å². The van der Waals surface area contributed by atoms with Gasteiger partial charge in [-0.15, -0.1) is 0 Å². The molecule has 148 valence electrons. The fourth-order valence-corrected chi connectivity index (χ4v) is 3.85. The van der Waals surface area contributed by atoms with E-state index >= 15 is 0 Å². The molecule has 0 bridgehead atoms. The summed E-state index contributed by atoms with van der Waals surface area (Å²) in [6.07, 6.45) is 3.91. The van der Waals surface area contributed by atoms with Crippen LogP contribution in [0.25, 0.3) is 22.6 Å². The minimum atomic E-state index is 0.0474. The summed E-state index contributed by atoms with van der Waals surface area (Å²) in [7, 11) is 0. The average Bonchev–Trinajstić information content (AvgIpc) is 3.10. The van der Waals surface area contributed by atoms with Crippen molar-refractivity contribution in [3.63, 3.8) is 0 Å². The highest BCUT2D eigenvalue weighted by atomic mass is 16.3. The molecule has 1 aromatic carbocycles. The first-order valence-electron chi connectivity index (χ1n) is 10.1. The molecule has 0 spiro atoms. The number of likely N-dealkylation sites (tertiary alicyclic amines) is 1. The van der Waals surface area contributed by atoms with Gasteiger partial charge in [-0.3, -0.25) is 0 Å². The van der Waals surface area contributed by atoms with Crippen molar-refractivity contribution in [3.05, 3.63) is 36.2 Å². The minimum Gasteiger partial charge on any atom is -0.395 e. The molecule has 1 aliphatic rings. The normalized spacial score (nSPS) is 15.2. The molecule has 7 heteroatoms. The molecule has 0 amide bonds. The van der Waals surface area contributed by atoms with Crippen LogP contribution in [0.1, 0.15) is 25.1 Å². The highest BCUT2D eigenvalue weighted by molar-refractivity contribution is 5.86. The number of rotatable bonds is 7. The van der Waals surface area contributed by atoms with E-state index in [1.807, 2.05) is 25.1 Å². The number of aryl methyl sites for hydroxylation is 1. The highest BCUT2D eigenvalue weighted by Crippen LogP contribution is 2.27. The van der Waals surface area contributed by atoms with E-state index in [-0.39, 0.29) is 6.61 Å². The van der Waals surface area contributed by atoms with Crippen molar-refractivity contribution in [2.75, 3.05) is 38.1 Å². The van der Waals surface area contributed by atoms with Gasteiger partial charge in [0, 0.05) is 25.2 Å². The molecule has 4 rings (SSSR count). The van der Waals surface area contributed by atoms with Crippen LogP contribution in [0.15, 0.2) is 30.3 Å². The summed E-state index contributed by atoms with van der Waals surface area (Å²) >= 11 is 0. The zero-order valence-corrected chi connectivity index (χ0v) is 16.4. The quantitative estimate of drug-likeness (QED) is 0.656. The van der Waals surface area contributed by atoms with Crippen LogP contribution >= 0.6 is 0 Å². The van der Waals surface area contributed by atoms with E-state index in [0.29, 0.717) is 18.2 Å². The molecule has 2 N–H and O–H groups in total. The summed E-state index contributed by atoms with van der Waals surface area (Å²) in [6, 6.07) is 10.2. The van der Waals surface area contributed by atoms with E-state index in [4.69, 9.17) is 9.97 Å². The number of aliphatic hydroxyl groups excluding tert-OH is 1. The fourth-order valence-electron chi connectivity index (χ4n) is 3.85. The number of aromatic nitrogens is 4. The SMILES string of the molecule is Cc1nc(NCCO)c2nc(-c3ccccc3)n(CCN3CCCCC3)c2n1. The zero-order valence-electron chi connectivity index (χ0n) is 16.4. The molecule has 0 aliphatic carbocycles. The van der Waals surface area contributed by atoms with E-state index < -0.39 is 0 Å². The number of benzene rings is 1. The summed E-state index contributed by atoms with van der Waals surface area (Å²) in [5, 5.41) is 12.4. The molecule has 0 saturated carbocycles. The van der Waals surface area contributed by atoms with Crippen LogP contribution in [-0.2, 0) is 6.54 Å². The van der Waals surface area contributed by atoms with Crippen molar-refractivity contribution in [1.82, 2.24) is 24.4 Å². The van der Waals surface area contributed by atoms with Crippen LogP contribution in [0.4, 0.5) is 5.82 Å². The number of aliphatic hydroxyl groups is 1. The lowest BCUT2D eigenvalue weighted by atomic mass is 10.1. The number of fused-ring (bicyclic) bond motifs is 1. The summed E-state index contributed by atoms with van der Waals surface area (Å²) in [6.45, 7) is 6.56. The molecular weight excluding hydrogens is 352 g/mol. The van der Waals surface area contributed by atoms with Gasteiger partial charge in [-0.2, -0.15) is 0 Å². The zero-order chi connectivity index (χ0) is 19.3. The first-order chi connectivity index (χ1) is 13.8. The molecule has 7 nitrogen and oxygen atoms in total. The van der Waals surface area contributed by atoms with Crippen molar-refractivity contribution in [2.45, 2.75) is 32.7 Å². The van der Waals surface area contributed by atoms with E-state index in [9.17, 15) is 5.11 Å².